The van der Waals surface area contributed by atoms with Crippen molar-refractivity contribution in [2.75, 3.05) is 0 Å². The normalized spacial score (nSPS) is 11.0. The van der Waals surface area contributed by atoms with Gasteiger partial charge in [0.05, 0.1) is 0 Å². The molecule has 18 heavy (non-hydrogen) atoms. The zero-order valence-corrected chi connectivity index (χ0v) is 11.8. The van der Waals surface area contributed by atoms with E-state index < -0.39 is 6.10 Å². The van der Waals surface area contributed by atoms with Gasteiger partial charge in [0.2, 0.25) is 0 Å². The molecule has 0 amide bonds. The topological polar surface area (TPSA) is 20.2 Å². The summed E-state index contributed by atoms with van der Waals surface area (Å²) >= 11 is 11.8. The van der Waals surface area contributed by atoms with Crippen molar-refractivity contribution in [1.82, 2.24) is 0 Å². The molecule has 0 fully saturated rings. The molecule has 1 N–H and O–H groups in total. The number of aliphatic hydroxyl groups excluding tert-OH is 1. The van der Waals surface area contributed by atoms with Gasteiger partial charge in [0.1, 0.15) is 6.10 Å². The first-order chi connectivity index (χ1) is 8.49. The van der Waals surface area contributed by atoms with E-state index in [9.17, 15) is 5.11 Å². The molecule has 3 heteroatoms. The van der Waals surface area contributed by atoms with Gasteiger partial charge in [0, 0.05) is 10.0 Å². The Balaban J connectivity index is 2.44. The lowest BCUT2D eigenvalue weighted by Gasteiger charge is -2.16. The van der Waals surface area contributed by atoms with Crippen LogP contribution < -0.4 is 0 Å². The van der Waals surface area contributed by atoms with Crippen molar-refractivity contribution in [1.29, 1.82) is 0 Å². The third kappa shape index (κ3) is 2.69. The van der Waals surface area contributed by atoms with Crippen LogP contribution in [0.25, 0.3) is 0 Å². The summed E-state index contributed by atoms with van der Waals surface area (Å²) in [5, 5.41) is 11.8. The van der Waals surface area contributed by atoms with E-state index in [1.165, 1.54) is 0 Å². The summed E-state index contributed by atoms with van der Waals surface area (Å²) in [5.41, 5.74) is 3.68. The first kappa shape index (κ1) is 13.4. The van der Waals surface area contributed by atoms with Crippen molar-refractivity contribution in [3.05, 3.63) is 68.7 Å². The quantitative estimate of drug-likeness (QED) is 0.846. The predicted molar refractivity (Wildman–Crippen MR) is 76.4 cm³/mol. The van der Waals surface area contributed by atoms with Gasteiger partial charge in [-0.05, 0) is 60.4 Å². The Bertz CT molecular complexity index is 527. The Morgan fingerprint density at radius 3 is 1.56 bits per heavy atom. The number of aryl methyl sites for hydroxylation is 2. The highest BCUT2D eigenvalue weighted by molar-refractivity contribution is 6.31. The average Bonchev–Trinajstić information content (AvgIpc) is 2.28. The van der Waals surface area contributed by atoms with Crippen molar-refractivity contribution >= 4 is 23.2 Å². The Morgan fingerprint density at radius 1 is 0.833 bits per heavy atom. The minimum atomic E-state index is -0.653. The molecule has 0 aliphatic rings. The largest absolute Gasteiger partial charge is 0.384 e. The van der Waals surface area contributed by atoms with Crippen LogP contribution in [0.5, 0.6) is 0 Å². The number of aliphatic hydroxyl groups is 1. The van der Waals surface area contributed by atoms with Gasteiger partial charge in [-0.15, -0.1) is 0 Å². The Morgan fingerprint density at radius 2 is 1.22 bits per heavy atom. The van der Waals surface area contributed by atoms with Gasteiger partial charge in [0.15, 0.2) is 0 Å². The SMILES string of the molecule is Cc1cc(Cl)ccc1C(O)c1ccc(Cl)cc1C. The number of rotatable bonds is 2. The Hall–Kier alpha value is -1.02. The van der Waals surface area contributed by atoms with E-state index in [1.54, 1.807) is 12.1 Å². The van der Waals surface area contributed by atoms with Crippen LogP contribution in [0, 0.1) is 13.8 Å². The highest BCUT2D eigenvalue weighted by Gasteiger charge is 2.15. The first-order valence-electron chi connectivity index (χ1n) is 5.69. The van der Waals surface area contributed by atoms with Gasteiger partial charge in [-0.25, -0.2) is 0 Å². The molecule has 1 nitrogen and oxygen atoms in total. The Kier molecular flexibility index (Phi) is 3.96. The molecule has 2 aromatic carbocycles. The molecule has 0 saturated heterocycles. The van der Waals surface area contributed by atoms with E-state index >= 15 is 0 Å². The fourth-order valence-corrected chi connectivity index (χ4v) is 2.51. The maximum absolute atomic E-state index is 10.4. The number of halogens is 2. The van der Waals surface area contributed by atoms with Gasteiger partial charge in [-0.1, -0.05) is 35.3 Å². The van der Waals surface area contributed by atoms with Gasteiger partial charge >= 0.3 is 0 Å². The fourth-order valence-electron chi connectivity index (χ4n) is 2.06. The standard InChI is InChI=1S/C15H14Cl2O/c1-9-7-11(16)3-5-13(9)15(18)14-6-4-12(17)8-10(14)2/h3-8,15,18H,1-2H3. The van der Waals surface area contributed by atoms with Crippen molar-refractivity contribution in [3.63, 3.8) is 0 Å². The van der Waals surface area contributed by atoms with Crippen LogP contribution in [-0.2, 0) is 0 Å². The van der Waals surface area contributed by atoms with Gasteiger partial charge in [0.25, 0.3) is 0 Å². The molecule has 0 bridgehead atoms. The lowest BCUT2D eigenvalue weighted by atomic mass is 9.95. The summed E-state index contributed by atoms with van der Waals surface area (Å²) in [7, 11) is 0. The minimum Gasteiger partial charge on any atom is -0.384 e. The lowest BCUT2D eigenvalue weighted by molar-refractivity contribution is 0.219. The van der Waals surface area contributed by atoms with Gasteiger partial charge in [-0.3, -0.25) is 0 Å². The van der Waals surface area contributed by atoms with Crippen molar-refractivity contribution in [2.24, 2.45) is 0 Å². The second-order valence-corrected chi connectivity index (χ2v) is 5.28. The molecule has 0 unspecified atom stereocenters. The highest BCUT2D eigenvalue weighted by Crippen LogP contribution is 2.29. The summed E-state index contributed by atoms with van der Waals surface area (Å²) in [4.78, 5) is 0. The van der Waals surface area contributed by atoms with E-state index in [0.29, 0.717) is 10.0 Å². The molecular weight excluding hydrogens is 267 g/mol. The second kappa shape index (κ2) is 5.31. The lowest BCUT2D eigenvalue weighted by Crippen LogP contribution is -2.04. The van der Waals surface area contributed by atoms with Crippen LogP contribution in [0.3, 0.4) is 0 Å². The zero-order valence-electron chi connectivity index (χ0n) is 10.2. The van der Waals surface area contributed by atoms with Crippen molar-refractivity contribution in [3.8, 4) is 0 Å². The summed E-state index contributed by atoms with van der Waals surface area (Å²) in [5.74, 6) is 0. The van der Waals surface area contributed by atoms with Crippen LogP contribution in [0.2, 0.25) is 10.0 Å². The van der Waals surface area contributed by atoms with Crippen molar-refractivity contribution < 1.29 is 5.11 Å². The van der Waals surface area contributed by atoms with E-state index in [-0.39, 0.29) is 0 Å². The average molecular weight is 281 g/mol. The van der Waals surface area contributed by atoms with E-state index in [4.69, 9.17) is 23.2 Å². The maximum Gasteiger partial charge on any atom is 0.105 e. The molecule has 0 aliphatic carbocycles. The molecule has 0 spiro atoms. The van der Waals surface area contributed by atoms with E-state index in [1.807, 2.05) is 38.1 Å². The van der Waals surface area contributed by atoms with Crippen LogP contribution in [-0.4, -0.2) is 5.11 Å². The fraction of sp³-hybridized carbons (Fsp3) is 0.200. The van der Waals surface area contributed by atoms with Crippen LogP contribution in [0.15, 0.2) is 36.4 Å². The molecule has 2 aromatic rings. The number of hydrogen-bond donors (Lipinski definition) is 1. The molecule has 0 radical (unpaired) electrons. The molecular formula is C15H14Cl2O. The summed E-state index contributed by atoms with van der Waals surface area (Å²) < 4.78 is 0. The summed E-state index contributed by atoms with van der Waals surface area (Å²) in [6.07, 6.45) is -0.653. The molecule has 0 heterocycles. The van der Waals surface area contributed by atoms with Crippen LogP contribution >= 0.6 is 23.2 Å². The first-order valence-corrected chi connectivity index (χ1v) is 6.45. The Labute approximate surface area is 117 Å². The van der Waals surface area contributed by atoms with Crippen molar-refractivity contribution in [2.45, 2.75) is 20.0 Å². The molecule has 0 atom stereocenters. The van der Waals surface area contributed by atoms with Gasteiger partial charge in [-0.2, -0.15) is 0 Å². The molecule has 2 rings (SSSR count). The summed E-state index contributed by atoms with van der Waals surface area (Å²) in [6, 6.07) is 11.0. The highest BCUT2D eigenvalue weighted by atomic mass is 35.5. The van der Waals surface area contributed by atoms with Crippen LogP contribution in [0.4, 0.5) is 0 Å². The monoisotopic (exact) mass is 280 g/mol. The summed E-state index contributed by atoms with van der Waals surface area (Å²) in [6.45, 7) is 3.88. The third-order valence-electron chi connectivity index (χ3n) is 3.05. The predicted octanol–water partition coefficient (Wildman–Crippen LogP) is 4.69. The number of benzene rings is 2. The van der Waals surface area contributed by atoms with E-state index in [2.05, 4.69) is 0 Å². The molecule has 0 saturated carbocycles. The molecule has 0 aromatic heterocycles. The van der Waals surface area contributed by atoms with E-state index in [0.717, 1.165) is 22.3 Å². The smallest absolute Gasteiger partial charge is 0.105 e. The molecule has 0 aliphatic heterocycles. The second-order valence-electron chi connectivity index (χ2n) is 4.40. The van der Waals surface area contributed by atoms with Crippen LogP contribution in [0.1, 0.15) is 28.4 Å². The third-order valence-corrected chi connectivity index (χ3v) is 3.52. The zero-order chi connectivity index (χ0) is 13.3. The molecule has 94 valence electrons. The van der Waals surface area contributed by atoms with Gasteiger partial charge < -0.3 is 5.11 Å². The number of hydrogen-bond acceptors (Lipinski definition) is 1. The minimum absolute atomic E-state index is 0.653. The maximum atomic E-state index is 10.4.